The van der Waals surface area contributed by atoms with Gasteiger partial charge in [-0.3, -0.25) is 5.41 Å². The van der Waals surface area contributed by atoms with E-state index in [-0.39, 0.29) is 0 Å². The summed E-state index contributed by atoms with van der Waals surface area (Å²) in [7, 11) is 2.17. The van der Waals surface area contributed by atoms with Gasteiger partial charge in [-0.1, -0.05) is 78.9 Å². The van der Waals surface area contributed by atoms with Crippen LogP contribution in [0, 0.1) is 5.41 Å². The first-order valence-electron chi connectivity index (χ1n) is 15.0. The summed E-state index contributed by atoms with van der Waals surface area (Å²) < 4.78 is 10.7. The summed E-state index contributed by atoms with van der Waals surface area (Å²) >= 11 is 1.89. The quantitative estimate of drug-likeness (QED) is 0.104. The van der Waals surface area contributed by atoms with Crippen molar-refractivity contribution < 1.29 is 4.42 Å². The molecule has 0 unspecified atom stereocenters. The number of benzene rings is 7. The van der Waals surface area contributed by atoms with Crippen molar-refractivity contribution in [2.45, 2.75) is 0 Å². The molecular formula is C40H27N3OS. The number of hydrogen-bond donors (Lipinski definition) is 2. The van der Waals surface area contributed by atoms with Crippen molar-refractivity contribution in [1.29, 1.82) is 5.41 Å². The van der Waals surface area contributed by atoms with Gasteiger partial charge in [0.05, 0.1) is 10.7 Å². The van der Waals surface area contributed by atoms with Crippen molar-refractivity contribution in [2.24, 2.45) is 7.05 Å². The molecule has 0 fully saturated rings. The normalized spacial score (nSPS) is 11.8. The Balaban J connectivity index is 0.000000149. The highest BCUT2D eigenvalue weighted by Gasteiger charge is 2.15. The van der Waals surface area contributed by atoms with Gasteiger partial charge in [0.2, 0.25) is 0 Å². The van der Waals surface area contributed by atoms with Crippen molar-refractivity contribution in [3.63, 3.8) is 0 Å². The summed E-state index contributed by atoms with van der Waals surface area (Å²) in [6, 6.07) is 44.3. The van der Waals surface area contributed by atoms with Gasteiger partial charge in [-0.25, -0.2) is 0 Å². The molecule has 0 atom stereocenters. The third-order valence-electron chi connectivity index (χ3n) is 9.09. The summed E-state index contributed by atoms with van der Waals surface area (Å²) in [5.74, 6) is 0. The van der Waals surface area contributed by atoms with Gasteiger partial charge in [0.15, 0.2) is 0 Å². The van der Waals surface area contributed by atoms with E-state index in [2.05, 4.69) is 96.5 Å². The zero-order chi connectivity index (χ0) is 30.2. The lowest BCUT2D eigenvalue weighted by atomic mass is 9.96. The SMILES string of the molecule is Cn1c2ccccc2c2c3ccc4c(ccc5sc6ccccc6c54)c3ccc21.N=c1c2ccccc2oc2cccc(N)c12. The van der Waals surface area contributed by atoms with Crippen LogP contribution in [0.2, 0.25) is 0 Å². The summed E-state index contributed by atoms with van der Waals surface area (Å²) in [5, 5.41) is 20.8. The maximum absolute atomic E-state index is 8.13. The highest BCUT2D eigenvalue weighted by atomic mass is 32.1. The maximum Gasteiger partial charge on any atom is 0.138 e. The van der Waals surface area contributed by atoms with Gasteiger partial charge in [-0.15, -0.1) is 11.3 Å². The topological polar surface area (TPSA) is 67.9 Å². The molecule has 10 aromatic rings. The second-order valence-electron chi connectivity index (χ2n) is 11.5. The Hall–Kier alpha value is -5.65. The number of nitrogens with one attached hydrogen (secondary N) is 1. The first-order valence-corrected chi connectivity index (χ1v) is 15.8. The minimum atomic E-state index is 0.426. The van der Waals surface area contributed by atoms with Crippen LogP contribution in [-0.2, 0) is 7.05 Å². The molecule has 10 rings (SSSR count). The number of hydrogen-bond acceptors (Lipinski definition) is 4. The van der Waals surface area contributed by atoms with Gasteiger partial charge < -0.3 is 14.7 Å². The van der Waals surface area contributed by atoms with Gasteiger partial charge in [0.1, 0.15) is 11.2 Å². The monoisotopic (exact) mass is 597 g/mol. The van der Waals surface area contributed by atoms with Crippen LogP contribution < -0.4 is 11.1 Å². The number of anilines is 1. The first-order chi connectivity index (χ1) is 22.1. The summed E-state index contributed by atoms with van der Waals surface area (Å²) in [4.78, 5) is 0. The van der Waals surface area contributed by atoms with Crippen LogP contribution in [0.3, 0.4) is 0 Å². The molecule has 7 aromatic carbocycles. The van der Waals surface area contributed by atoms with E-state index >= 15 is 0 Å². The Bertz CT molecular complexity index is 2870. The second-order valence-corrected chi connectivity index (χ2v) is 12.6. The Kier molecular flexibility index (Phi) is 5.55. The molecule has 0 saturated carbocycles. The standard InChI is InChI=1S/C27H17NS.C13H10N2O/c1-28-22-8-4-2-6-20(22)26-18-10-11-19-17(16(18)12-14-23(26)28)13-15-25-27(19)21-7-3-5-9-24(21)29-25;14-9-5-3-7-11-12(9)13(15)8-4-1-2-6-10(8)16-11/h2-15H,1H3;1-7,15H,14H2. The summed E-state index contributed by atoms with van der Waals surface area (Å²) in [5.41, 5.74) is 10.4. The molecule has 0 aliphatic heterocycles. The molecule has 214 valence electrons. The van der Waals surface area contributed by atoms with E-state index in [1.165, 1.54) is 63.5 Å². The lowest BCUT2D eigenvalue weighted by Gasteiger charge is -2.08. The molecule has 0 bridgehead atoms. The number of fused-ring (bicyclic) bond motifs is 13. The van der Waals surface area contributed by atoms with Crippen LogP contribution in [0.15, 0.2) is 132 Å². The molecule has 3 heterocycles. The summed E-state index contributed by atoms with van der Waals surface area (Å²) in [6.45, 7) is 0. The van der Waals surface area contributed by atoms with Crippen molar-refractivity contribution in [3.8, 4) is 0 Å². The predicted octanol–water partition coefficient (Wildman–Crippen LogP) is 10.7. The highest BCUT2D eigenvalue weighted by molar-refractivity contribution is 7.26. The molecule has 5 heteroatoms. The van der Waals surface area contributed by atoms with Crippen molar-refractivity contribution in [3.05, 3.63) is 133 Å². The molecule has 0 aliphatic carbocycles. The fraction of sp³-hybridized carbons (Fsp3) is 0.0250. The number of nitrogen functional groups attached to an aromatic ring is 1. The fourth-order valence-electron chi connectivity index (χ4n) is 7.02. The van der Waals surface area contributed by atoms with E-state index in [9.17, 15) is 0 Å². The second kappa shape index (κ2) is 9.68. The lowest BCUT2D eigenvalue weighted by Crippen LogP contribution is -2.05. The molecule has 3 N–H and O–H groups in total. The van der Waals surface area contributed by atoms with Gasteiger partial charge in [0.25, 0.3) is 0 Å². The Morgan fingerprint density at radius 1 is 0.511 bits per heavy atom. The fourth-order valence-corrected chi connectivity index (χ4v) is 8.14. The third kappa shape index (κ3) is 3.74. The molecule has 4 nitrogen and oxygen atoms in total. The minimum absolute atomic E-state index is 0.426. The van der Waals surface area contributed by atoms with E-state index in [0.717, 1.165) is 5.39 Å². The van der Waals surface area contributed by atoms with Crippen LogP contribution in [0.4, 0.5) is 5.69 Å². The first kappa shape index (κ1) is 25.8. The Morgan fingerprint density at radius 3 is 2.00 bits per heavy atom. The number of aryl methyl sites for hydroxylation is 1. The van der Waals surface area contributed by atoms with Gasteiger partial charge in [-0.2, -0.15) is 0 Å². The molecule has 0 radical (unpaired) electrons. The third-order valence-corrected chi connectivity index (χ3v) is 10.2. The Labute approximate surface area is 261 Å². The number of thiophene rings is 1. The maximum atomic E-state index is 8.13. The van der Waals surface area contributed by atoms with E-state index in [1.807, 2.05) is 47.7 Å². The number of aromatic nitrogens is 1. The van der Waals surface area contributed by atoms with Crippen molar-refractivity contribution in [2.75, 3.05) is 5.73 Å². The van der Waals surface area contributed by atoms with E-state index in [1.54, 1.807) is 6.07 Å². The van der Waals surface area contributed by atoms with Crippen LogP contribution in [0.5, 0.6) is 0 Å². The molecule has 3 aromatic heterocycles. The van der Waals surface area contributed by atoms with Gasteiger partial charge in [-0.05, 0) is 70.1 Å². The van der Waals surface area contributed by atoms with E-state index in [4.69, 9.17) is 15.6 Å². The molecule has 0 spiro atoms. The highest BCUT2D eigenvalue weighted by Crippen LogP contribution is 2.42. The molecule has 45 heavy (non-hydrogen) atoms. The smallest absolute Gasteiger partial charge is 0.138 e. The molecule has 0 saturated heterocycles. The van der Waals surface area contributed by atoms with Crippen molar-refractivity contribution in [1.82, 2.24) is 4.57 Å². The van der Waals surface area contributed by atoms with E-state index in [0.29, 0.717) is 27.6 Å². The average Bonchev–Trinajstić information content (AvgIpc) is 3.60. The molecule has 0 aliphatic rings. The van der Waals surface area contributed by atoms with Gasteiger partial charge in [0, 0.05) is 60.1 Å². The zero-order valence-electron chi connectivity index (χ0n) is 24.5. The van der Waals surface area contributed by atoms with Crippen molar-refractivity contribution >= 4 is 102 Å². The molecule has 0 amide bonds. The molecular weight excluding hydrogens is 571 g/mol. The largest absolute Gasteiger partial charge is 0.456 e. The Morgan fingerprint density at radius 2 is 1.16 bits per heavy atom. The number of nitrogens with zero attached hydrogens (tertiary/aromatic N) is 1. The number of nitrogens with two attached hydrogens (primary N) is 1. The summed E-state index contributed by atoms with van der Waals surface area (Å²) in [6.07, 6.45) is 0. The number of para-hydroxylation sites is 2. The zero-order valence-corrected chi connectivity index (χ0v) is 25.3. The van der Waals surface area contributed by atoms with E-state index < -0.39 is 0 Å². The van der Waals surface area contributed by atoms with Gasteiger partial charge >= 0.3 is 0 Å². The van der Waals surface area contributed by atoms with Crippen LogP contribution in [-0.4, -0.2) is 4.57 Å². The lowest BCUT2D eigenvalue weighted by molar-refractivity contribution is 0.659. The van der Waals surface area contributed by atoms with Crippen LogP contribution in [0.25, 0.3) is 85.5 Å². The van der Waals surface area contributed by atoms with Crippen LogP contribution >= 0.6 is 11.3 Å². The number of rotatable bonds is 0. The predicted molar refractivity (Wildman–Crippen MR) is 192 cm³/mol. The minimum Gasteiger partial charge on any atom is -0.456 e. The van der Waals surface area contributed by atoms with Crippen LogP contribution in [0.1, 0.15) is 0 Å². The average molecular weight is 598 g/mol.